The van der Waals surface area contributed by atoms with Crippen LogP contribution in [-0.2, 0) is 45.4 Å². The lowest BCUT2D eigenvalue weighted by Gasteiger charge is -2.44. The molecule has 3 atom stereocenters. The molecule has 27 nitrogen and oxygen atoms in total. The van der Waals surface area contributed by atoms with Gasteiger partial charge in [-0.1, -0.05) is 68.7 Å². The molecule has 6 N–H and O–H groups in total. The van der Waals surface area contributed by atoms with Gasteiger partial charge < -0.3 is 30.5 Å². The van der Waals surface area contributed by atoms with Crippen molar-refractivity contribution >= 4 is 27.4 Å². The Morgan fingerprint density at radius 2 is 0.800 bits per heavy atom. The molecule has 3 unspecified atom stereocenters. The molecule has 3 aromatic rings. The van der Waals surface area contributed by atoms with E-state index < -0.39 is 9.71 Å². The molecule has 3 aromatic heterocycles. The van der Waals surface area contributed by atoms with Crippen LogP contribution in [0.3, 0.4) is 0 Å². The lowest BCUT2D eigenvalue weighted by molar-refractivity contribution is -0.123. The van der Waals surface area contributed by atoms with Gasteiger partial charge in [-0.25, -0.2) is 9.71 Å². The van der Waals surface area contributed by atoms with Crippen LogP contribution in [0.15, 0.2) is 47.7 Å². The van der Waals surface area contributed by atoms with Crippen molar-refractivity contribution in [2.24, 2.45) is 0 Å². The first-order valence-electron chi connectivity index (χ1n) is 53.2. The summed E-state index contributed by atoms with van der Waals surface area (Å²) < 4.78 is 14.3. The monoisotopic (exact) mass is 1990 g/mol. The minimum atomic E-state index is -2.05. The Bertz CT molecular complexity index is 4010. The average Bonchev–Trinajstić information content (AvgIpc) is 1.78. The highest BCUT2D eigenvalue weighted by Crippen LogP contribution is 2.33. The van der Waals surface area contributed by atoms with Crippen molar-refractivity contribution in [2.75, 3.05) is 248 Å². The molecule has 0 aromatic carbocycles. The first-order valence-corrected chi connectivity index (χ1v) is 55.4. The number of aryl methyl sites for hydroxylation is 3. The van der Waals surface area contributed by atoms with Gasteiger partial charge in [-0.15, -0.1) is 0 Å². The van der Waals surface area contributed by atoms with Crippen LogP contribution >= 0.6 is 0 Å². The van der Waals surface area contributed by atoms with E-state index in [-0.39, 0.29) is 69.2 Å². The molecule has 10 fully saturated rings. The van der Waals surface area contributed by atoms with Crippen LogP contribution in [0.2, 0.25) is 0 Å². The molecule has 0 radical (unpaired) electrons. The van der Waals surface area contributed by atoms with Gasteiger partial charge in [0.15, 0.2) is 0 Å². The number of hydrogen-bond donors (Lipinski definition) is 6. The number of hydrogen-bond acceptors (Lipinski definition) is 21. The van der Waals surface area contributed by atoms with Crippen LogP contribution in [0.1, 0.15) is 309 Å². The molecule has 13 heterocycles. The van der Waals surface area contributed by atoms with Gasteiger partial charge >= 0.3 is 0 Å². The summed E-state index contributed by atoms with van der Waals surface area (Å²) in [5, 5.41) is 5.95. The number of amides is 2. The molecule has 28 heteroatoms. The van der Waals surface area contributed by atoms with Gasteiger partial charge in [-0.05, 0) is 261 Å². The summed E-state index contributed by atoms with van der Waals surface area (Å²) >= 11 is 0. The van der Waals surface area contributed by atoms with Crippen LogP contribution in [-0.4, -0.2) is 431 Å². The van der Waals surface area contributed by atoms with Crippen molar-refractivity contribution in [1.29, 1.82) is 0 Å². The number of pyridine rings is 1. The number of carbonyl (C=O) groups excluding carboxylic acids is 2. The van der Waals surface area contributed by atoms with E-state index in [1.807, 2.05) is 18.6 Å². The van der Waals surface area contributed by atoms with Gasteiger partial charge in [0.2, 0.25) is 17.4 Å². The van der Waals surface area contributed by atoms with Crippen LogP contribution in [0.4, 0.5) is 0 Å². The SMILES string of the molecule is C.C.C.C.C=C1CC(CC)N(C2CCN(C(C)(C)C)CC2)C1.C=S(C)(=O)NCCN1CCN(C(C)(C)C)CC1.CC(=O)NCCN1CCN(C(C)(C)C)CC1.CC(C)(C)N1CCN(CC2CCCC(=O)N2)CC1.CCCN1CCN(C(C)(C)C)CC1.CCc1nc[nH]c1CN1CCN(C(C)(C)C)CC1.Cc1cc[nH]c1CN1CCN(C(C)(C)C)CC1.Cc1ccc(=O)[nH]c1CN1CCN(C(C)(C)C)CC1. The number of rotatable bonds is 20. The fourth-order valence-electron chi connectivity index (χ4n) is 20.2. The summed E-state index contributed by atoms with van der Waals surface area (Å²) in [5.74, 6) is 3.89. The molecule has 0 aliphatic carbocycles. The quantitative estimate of drug-likeness (QED) is 0.0458. The second-order valence-electron chi connectivity index (χ2n) is 48.7. The number of nitrogens with one attached hydrogen (secondary N) is 6. The summed E-state index contributed by atoms with van der Waals surface area (Å²) in [6.45, 7) is 116. The number of aromatic nitrogens is 4. The highest BCUT2D eigenvalue weighted by Gasteiger charge is 2.38. The number of piperidine rings is 2. The molecule has 10 aliphatic heterocycles. The Hall–Kier alpha value is -4.54. The van der Waals surface area contributed by atoms with Crippen molar-refractivity contribution in [3.8, 4) is 0 Å². The molecule has 818 valence electrons. The first-order chi connectivity index (χ1) is 63.3. The van der Waals surface area contributed by atoms with Gasteiger partial charge in [0.1, 0.15) is 0 Å². The zero-order valence-electron chi connectivity index (χ0n) is 93.3. The molecule has 0 saturated carbocycles. The fourth-order valence-corrected chi connectivity index (χ4v) is 20.7. The van der Waals surface area contributed by atoms with E-state index in [0.29, 0.717) is 34.6 Å². The van der Waals surface area contributed by atoms with Gasteiger partial charge in [0.25, 0.3) is 0 Å². The van der Waals surface area contributed by atoms with Crippen molar-refractivity contribution in [3.63, 3.8) is 0 Å². The van der Waals surface area contributed by atoms with E-state index in [9.17, 15) is 18.6 Å². The largest absolute Gasteiger partial charge is 0.364 e. The molecule has 140 heavy (non-hydrogen) atoms. The minimum absolute atomic E-state index is 0. The lowest BCUT2D eigenvalue weighted by atomic mass is 9.96. The Morgan fingerprint density at radius 1 is 0.450 bits per heavy atom. The lowest BCUT2D eigenvalue weighted by Crippen LogP contribution is -2.56. The third kappa shape index (κ3) is 49.1. The van der Waals surface area contributed by atoms with Gasteiger partial charge in [-0.2, -0.15) is 0 Å². The van der Waals surface area contributed by atoms with Crippen molar-refractivity contribution in [3.05, 3.63) is 87.1 Å². The second kappa shape index (κ2) is 61.4. The zero-order chi connectivity index (χ0) is 101. The summed E-state index contributed by atoms with van der Waals surface area (Å²) in [7, 11) is -2.05. The van der Waals surface area contributed by atoms with E-state index in [2.05, 4.69) is 333 Å². The standard InChI is InChI=1S/C16H30N2.C15H25N3O.C14H26N4.C14H27N3O.C14H25N3.C12H27N3OS.C12H25N3O.C11H24N2.4CH4/c1-6-14-11-13(2)12-18(14)15-7-9-17(10-8-15)16(3,4)5;1-12-5-6-14(19)16-13(12)11-17-7-9-18(10-8-17)15(2,3)4;1-5-12-13(16-11-15-12)10-17-6-8-18(9-7-17)14(2,3)4;1-14(2,3)17-9-7-16(8-10-17)11-12-5-4-6-13(18)15-12;1-12-5-6-15-13(12)11-16-7-9-17(10-8-16)14(2,3)4;1-12(2,3)15-10-8-14(9-11-15)7-6-13-17(4,5)16;1-11(16)13-5-6-14-7-9-15(10-8-14)12(2,3)4;1-5-6-12-7-9-13(10-8-12)11(2,3)4;;;;/h14-15H,2,6-12H2,1,3-5H3;5-6H,7-11H2,1-4H3,(H,16,19);11H,5-10H2,1-4H3,(H,15,16);12H,4-11H2,1-3H3,(H,15,18);5-6,15H,7-11H2,1-4H3;4,6-11H2,1-3,5H3,(H,13,16);5-10H2,1-4H3,(H,13,16);5-10H2,1-4H3;4*1H4. The normalized spacial score (nSPS) is 22.0. The number of piperazine rings is 7. The van der Waals surface area contributed by atoms with E-state index in [1.54, 1.807) is 19.2 Å². The number of carbonyl (C=O) groups is 2. The topological polar surface area (TPSA) is 216 Å². The molecule has 2 amide bonds. The van der Waals surface area contributed by atoms with Gasteiger partial charge in [0, 0.05) is 371 Å². The predicted molar refractivity (Wildman–Crippen MR) is 606 cm³/mol. The number of likely N-dealkylation sites (tertiary alicyclic amines) is 2. The number of H-pyrrole nitrogens is 3. The van der Waals surface area contributed by atoms with Crippen molar-refractivity contribution in [1.82, 2.24) is 114 Å². The van der Waals surface area contributed by atoms with Crippen LogP contribution in [0.25, 0.3) is 0 Å². The Kier molecular flexibility index (Phi) is 57.7. The maximum atomic E-state index is 11.4. The van der Waals surface area contributed by atoms with Crippen molar-refractivity contribution in [2.45, 2.75) is 377 Å². The summed E-state index contributed by atoms with van der Waals surface area (Å²) in [6, 6.07) is 7.60. The summed E-state index contributed by atoms with van der Waals surface area (Å²) in [6.07, 6.45) is 15.9. The predicted octanol–water partition coefficient (Wildman–Crippen LogP) is 15.2. The van der Waals surface area contributed by atoms with E-state index in [4.69, 9.17) is 0 Å². The van der Waals surface area contributed by atoms with Crippen molar-refractivity contribution < 1.29 is 13.8 Å². The van der Waals surface area contributed by atoms with E-state index in [1.165, 1.54) is 145 Å². The molecule has 13 rings (SSSR count). The Labute approximate surface area is 862 Å². The summed E-state index contributed by atoms with van der Waals surface area (Å²) in [5.41, 5.74) is 11.3. The smallest absolute Gasteiger partial charge is 0.248 e. The van der Waals surface area contributed by atoms with Crippen LogP contribution in [0.5, 0.6) is 0 Å². The molecular formula is C112H225N23O4S. The fraction of sp³-hybridized carbons (Fsp3) is 0.848. The van der Waals surface area contributed by atoms with Gasteiger partial charge in [0.05, 0.1) is 17.7 Å². The van der Waals surface area contributed by atoms with Gasteiger partial charge in [-0.3, -0.25) is 92.1 Å². The highest BCUT2D eigenvalue weighted by molar-refractivity contribution is 7.97. The Balaban J connectivity index is 0.000000540. The van der Waals surface area contributed by atoms with E-state index in [0.717, 1.165) is 219 Å². The molecule has 0 bridgehead atoms. The Morgan fingerprint density at radius 3 is 1.14 bits per heavy atom. The van der Waals surface area contributed by atoms with Crippen LogP contribution in [0, 0.1) is 13.8 Å². The maximum absolute atomic E-state index is 11.4. The molecular weight excluding hydrogens is 1760 g/mol. The second-order valence-corrected chi connectivity index (χ2v) is 51.0. The highest BCUT2D eigenvalue weighted by atomic mass is 32.2. The number of imidazole rings is 1. The number of aromatic amines is 3. The third-order valence-corrected chi connectivity index (χ3v) is 30.4. The number of nitrogens with zero attached hydrogens (tertiary/aromatic N) is 17. The van der Waals surface area contributed by atoms with E-state index >= 15 is 0 Å². The molecule has 10 aliphatic rings. The third-order valence-electron chi connectivity index (χ3n) is 29.6. The zero-order valence-corrected chi connectivity index (χ0v) is 94.1. The minimum Gasteiger partial charge on any atom is -0.364 e. The van der Waals surface area contributed by atoms with Crippen LogP contribution < -0.4 is 20.9 Å². The average molecular weight is 1990 g/mol. The summed E-state index contributed by atoms with van der Waals surface area (Å²) in [4.78, 5) is 88.0. The molecule has 10 saturated heterocycles. The first kappa shape index (κ1) is 132. The maximum Gasteiger partial charge on any atom is 0.248 e. The molecule has 0 spiro atoms.